The number of nitrogens with zero attached hydrogens (tertiary/aromatic N) is 2. The lowest BCUT2D eigenvalue weighted by Gasteiger charge is -2.45. The average molecular weight is 394 g/mol. The molecule has 0 saturated carbocycles. The van der Waals surface area contributed by atoms with Gasteiger partial charge in [-0.05, 0) is 56.8 Å². The standard InChI is InChI=1S/C21H25F3N2O2/c1-3-17-5-7-18(8-6-17)15-26-12-4-9-20(26)10-13-25(14-11-20)19(27)28-16(2)21(22,23)24/h1,5-8,16H,4,9-15H2,2H3. The van der Waals surface area contributed by atoms with E-state index in [2.05, 4.69) is 15.6 Å². The molecule has 0 aromatic heterocycles. The number of piperidine rings is 1. The minimum Gasteiger partial charge on any atom is -0.437 e. The Kier molecular flexibility index (Phi) is 5.90. The zero-order valence-electron chi connectivity index (χ0n) is 16.0. The number of rotatable bonds is 3. The molecule has 1 unspecified atom stereocenters. The SMILES string of the molecule is C#Cc1ccc(CN2CCCC23CCN(C(=O)OC(C)C(F)(F)F)CC3)cc1. The Morgan fingerprint density at radius 2 is 1.86 bits per heavy atom. The first-order valence-electron chi connectivity index (χ1n) is 9.56. The number of amides is 1. The summed E-state index contributed by atoms with van der Waals surface area (Å²) >= 11 is 0. The minimum atomic E-state index is -4.54. The lowest BCUT2D eigenvalue weighted by molar-refractivity contribution is -0.200. The summed E-state index contributed by atoms with van der Waals surface area (Å²) in [5.74, 6) is 2.61. The first-order valence-corrected chi connectivity index (χ1v) is 9.56. The summed E-state index contributed by atoms with van der Waals surface area (Å²) in [4.78, 5) is 15.9. The third-order valence-corrected chi connectivity index (χ3v) is 5.93. The number of ether oxygens (including phenoxy) is 1. The van der Waals surface area contributed by atoms with Gasteiger partial charge in [-0.2, -0.15) is 13.2 Å². The van der Waals surface area contributed by atoms with Gasteiger partial charge < -0.3 is 9.64 Å². The quantitative estimate of drug-likeness (QED) is 0.721. The van der Waals surface area contributed by atoms with Crippen LogP contribution in [0.4, 0.5) is 18.0 Å². The van der Waals surface area contributed by atoms with Crippen molar-refractivity contribution in [2.75, 3.05) is 19.6 Å². The van der Waals surface area contributed by atoms with Gasteiger partial charge in [0.2, 0.25) is 0 Å². The van der Waals surface area contributed by atoms with Gasteiger partial charge in [0.05, 0.1) is 0 Å². The summed E-state index contributed by atoms with van der Waals surface area (Å²) in [6, 6.07) is 7.93. The molecule has 2 saturated heterocycles. The van der Waals surface area contributed by atoms with Gasteiger partial charge in [-0.1, -0.05) is 18.1 Å². The van der Waals surface area contributed by atoms with E-state index in [0.717, 1.165) is 51.3 Å². The van der Waals surface area contributed by atoms with E-state index >= 15 is 0 Å². The van der Waals surface area contributed by atoms with Crippen LogP contribution in [0.3, 0.4) is 0 Å². The molecule has 3 rings (SSSR count). The van der Waals surface area contributed by atoms with Gasteiger partial charge >= 0.3 is 12.3 Å². The van der Waals surface area contributed by atoms with Gasteiger partial charge in [-0.3, -0.25) is 4.90 Å². The second kappa shape index (κ2) is 8.04. The number of likely N-dealkylation sites (tertiary alicyclic amines) is 2. The lowest BCUT2D eigenvalue weighted by Crippen LogP contribution is -2.53. The molecule has 0 bridgehead atoms. The molecule has 2 aliphatic heterocycles. The number of halogens is 3. The Labute approximate surface area is 163 Å². The van der Waals surface area contributed by atoms with Crippen LogP contribution in [0.1, 0.15) is 43.7 Å². The van der Waals surface area contributed by atoms with E-state index in [1.54, 1.807) is 0 Å². The Morgan fingerprint density at radius 3 is 2.43 bits per heavy atom. The van der Waals surface area contributed by atoms with Gasteiger partial charge in [0.15, 0.2) is 6.10 Å². The van der Waals surface area contributed by atoms with Gasteiger partial charge in [0.1, 0.15) is 0 Å². The fourth-order valence-corrected chi connectivity index (χ4v) is 4.13. The number of hydrogen-bond donors (Lipinski definition) is 0. The van der Waals surface area contributed by atoms with Crippen LogP contribution in [0, 0.1) is 12.3 Å². The summed E-state index contributed by atoms with van der Waals surface area (Å²) in [7, 11) is 0. The molecule has 152 valence electrons. The minimum absolute atomic E-state index is 0.00277. The Morgan fingerprint density at radius 1 is 1.21 bits per heavy atom. The van der Waals surface area contributed by atoms with Gasteiger partial charge in [-0.25, -0.2) is 4.79 Å². The molecule has 0 radical (unpaired) electrons. The van der Waals surface area contributed by atoms with Crippen molar-refractivity contribution in [2.45, 2.75) is 57.0 Å². The number of carbonyl (C=O) groups is 1. The molecule has 28 heavy (non-hydrogen) atoms. The van der Waals surface area contributed by atoms with Crippen molar-refractivity contribution in [3.63, 3.8) is 0 Å². The predicted molar refractivity (Wildman–Crippen MR) is 99.6 cm³/mol. The smallest absolute Gasteiger partial charge is 0.425 e. The van der Waals surface area contributed by atoms with Crippen LogP contribution in [0.5, 0.6) is 0 Å². The first-order chi connectivity index (χ1) is 13.2. The van der Waals surface area contributed by atoms with Crippen LogP contribution in [-0.2, 0) is 11.3 Å². The highest BCUT2D eigenvalue weighted by atomic mass is 19.4. The van der Waals surface area contributed by atoms with Crippen molar-refractivity contribution in [1.82, 2.24) is 9.80 Å². The maximum Gasteiger partial charge on any atom is 0.425 e. The summed E-state index contributed by atoms with van der Waals surface area (Å²) in [5.41, 5.74) is 2.03. The summed E-state index contributed by atoms with van der Waals surface area (Å²) in [6.45, 7) is 3.46. The van der Waals surface area contributed by atoms with E-state index in [0.29, 0.717) is 13.1 Å². The van der Waals surface area contributed by atoms with E-state index in [1.165, 1.54) is 10.5 Å². The van der Waals surface area contributed by atoms with Crippen LogP contribution in [0.25, 0.3) is 0 Å². The largest absolute Gasteiger partial charge is 0.437 e. The van der Waals surface area contributed by atoms with E-state index in [1.807, 2.05) is 24.3 Å². The number of alkyl halides is 3. The average Bonchev–Trinajstić information content (AvgIpc) is 3.03. The molecule has 4 nitrogen and oxygen atoms in total. The van der Waals surface area contributed by atoms with Crippen LogP contribution >= 0.6 is 0 Å². The Bertz CT molecular complexity index is 732. The molecule has 0 N–H and O–H groups in total. The fourth-order valence-electron chi connectivity index (χ4n) is 4.13. The van der Waals surface area contributed by atoms with Crippen LogP contribution < -0.4 is 0 Å². The van der Waals surface area contributed by atoms with Gasteiger partial charge in [0.25, 0.3) is 0 Å². The molecule has 0 aliphatic carbocycles. The predicted octanol–water partition coefficient (Wildman–Crippen LogP) is 4.19. The van der Waals surface area contributed by atoms with Crippen LogP contribution in [-0.4, -0.2) is 53.3 Å². The zero-order valence-corrected chi connectivity index (χ0v) is 16.0. The number of carbonyl (C=O) groups excluding carboxylic acids is 1. The molecule has 2 fully saturated rings. The zero-order chi connectivity index (χ0) is 20.4. The molecule has 2 aliphatic rings. The first kappa shape index (κ1) is 20.5. The topological polar surface area (TPSA) is 32.8 Å². The van der Waals surface area contributed by atoms with E-state index < -0.39 is 18.4 Å². The fraction of sp³-hybridized carbons (Fsp3) is 0.571. The van der Waals surface area contributed by atoms with Crippen molar-refractivity contribution in [2.24, 2.45) is 0 Å². The molecule has 1 aromatic rings. The monoisotopic (exact) mass is 394 g/mol. The molecule has 1 amide bonds. The summed E-state index contributed by atoms with van der Waals surface area (Å²) < 4.78 is 42.4. The molecule has 1 spiro atoms. The number of terminal acetylenes is 1. The second-order valence-corrected chi connectivity index (χ2v) is 7.65. The van der Waals surface area contributed by atoms with Crippen LogP contribution in [0.2, 0.25) is 0 Å². The Hall–Kier alpha value is -2.20. The molecule has 1 atom stereocenters. The summed E-state index contributed by atoms with van der Waals surface area (Å²) in [6.07, 6.45) is 1.49. The highest BCUT2D eigenvalue weighted by molar-refractivity contribution is 5.68. The number of benzene rings is 1. The normalized spacial score (nSPS) is 20.8. The van der Waals surface area contributed by atoms with Crippen LogP contribution in [0.15, 0.2) is 24.3 Å². The lowest BCUT2D eigenvalue weighted by atomic mass is 9.85. The third kappa shape index (κ3) is 4.44. The molecule has 2 heterocycles. The maximum absolute atomic E-state index is 12.6. The second-order valence-electron chi connectivity index (χ2n) is 7.65. The summed E-state index contributed by atoms with van der Waals surface area (Å²) in [5, 5.41) is 0. The molecular weight excluding hydrogens is 369 g/mol. The molecule has 1 aromatic carbocycles. The van der Waals surface area contributed by atoms with Crippen molar-refractivity contribution in [3.05, 3.63) is 35.4 Å². The third-order valence-electron chi connectivity index (χ3n) is 5.93. The highest BCUT2D eigenvalue weighted by Gasteiger charge is 2.45. The van der Waals surface area contributed by atoms with Gasteiger partial charge in [0, 0.05) is 30.7 Å². The number of hydrogen-bond acceptors (Lipinski definition) is 3. The van der Waals surface area contributed by atoms with Crippen molar-refractivity contribution in [3.8, 4) is 12.3 Å². The molecule has 7 heteroatoms. The van der Waals surface area contributed by atoms with E-state index in [-0.39, 0.29) is 5.54 Å². The maximum atomic E-state index is 12.6. The highest BCUT2D eigenvalue weighted by Crippen LogP contribution is 2.39. The Balaban J connectivity index is 1.58. The van der Waals surface area contributed by atoms with Crippen molar-refractivity contribution < 1.29 is 22.7 Å². The van der Waals surface area contributed by atoms with E-state index in [4.69, 9.17) is 6.42 Å². The van der Waals surface area contributed by atoms with Crippen molar-refractivity contribution in [1.29, 1.82) is 0 Å². The van der Waals surface area contributed by atoms with Gasteiger partial charge in [-0.15, -0.1) is 6.42 Å². The van der Waals surface area contributed by atoms with Crippen molar-refractivity contribution >= 4 is 6.09 Å². The van der Waals surface area contributed by atoms with E-state index in [9.17, 15) is 18.0 Å². The molecular formula is C21H25F3N2O2.